The minimum Gasteiger partial charge on any atom is -0.359 e. The molecule has 1 heterocycles. The van der Waals surface area contributed by atoms with E-state index in [9.17, 15) is 4.79 Å². The summed E-state index contributed by atoms with van der Waals surface area (Å²) in [5.74, 6) is 0.196. The van der Waals surface area contributed by atoms with Gasteiger partial charge < -0.3 is 10.2 Å². The predicted molar refractivity (Wildman–Crippen MR) is 101 cm³/mol. The molecule has 0 spiro atoms. The summed E-state index contributed by atoms with van der Waals surface area (Å²) in [5, 5.41) is 8.27. The van der Waals surface area contributed by atoms with E-state index in [1.807, 2.05) is 36.1 Å². The highest BCUT2D eigenvalue weighted by atomic mass is 32.1. The standard InChI is InChI=1S/C18H24N4OS/c1-13(20-21-18(24)19-15-7-2-3-8-15)14-6-4-9-16(12-14)22-11-5-10-17(22)23/h4,6,9,12,15H,2-3,5,7-8,10-11H2,1H3,(H2,19,21,24)/b20-13-. The van der Waals surface area contributed by atoms with Gasteiger partial charge in [0, 0.05) is 24.7 Å². The quantitative estimate of drug-likeness (QED) is 0.501. The molecular formula is C18H24N4OS. The molecule has 0 unspecified atom stereocenters. The zero-order chi connectivity index (χ0) is 16.9. The Morgan fingerprint density at radius 3 is 2.79 bits per heavy atom. The maximum absolute atomic E-state index is 11.9. The highest BCUT2D eigenvalue weighted by Gasteiger charge is 2.21. The zero-order valence-corrected chi connectivity index (χ0v) is 14.9. The van der Waals surface area contributed by atoms with E-state index in [4.69, 9.17) is 12.2 Å². The molecule has 128 valence electrons. The Labute approximate surface area is 148 Å². The lowest BCUT2D eigenvalue weighted by molar-refractivity contribution is -0.117. The monoisotopic (exact) mass is 344 g/mol. The second kappa shape index (κ2) is 7.75. The molecule has 1 aromatic carbocycles. The van der Waals surface area contributed by atoms with Gasteiger partial charge in [0.05, 0.1) is 5.71 Å². The van der Waals surface area contributed by atoms with Crippen LogP contribution in [0.1, 0.15) is 51.0 Å². The van der Waals surface area contributed by atoms with Gasteiger partial charge in [-0.25, -0.2) is 0 Å². The molecule has 1 aliphatic carbocycles. The molecule has 0 atom stereocenters. The minimum absolute atomic E-state index is 0.196. The SMILES string of the molecule is C/C(=N/NC(=S)NC1CCCC1)c1cccc(N2CCCC2=O)c1. The molecule has 1 saturated carbocycles. The van der Waals surface area contributed by atoms with E-state index < -0.39 is 0 Å². The summed E-state index contributed by atoms with van der Waals surface area (Å²) in [6.07, 6.45) is 6.46. The van der Waals surface area contributed by atoms with E-state index in [-0.39, 0.29) is 5.91 Å². The maximum atomic E-state index is 11.9. The van der Waals surface area contributed by atoms with E-state index >= 15 is 0 Å². The van der Waals surface area contributed by atoms with Crippen molar-refractivity contribution in [3.05, 3.63) is 29.8 Å². The number of anilines is 1. The van der Waals surface area contributed by atoms with Crippen molar-refractivity contribution in [2.75, 3.05) is 11.4 Å². The first-order valence-corrected chi connectivity index (χ1v) is 9.06. The first-order chi connectivity index (χ1) is 11.6. The van der Waals surface area contributed by atoms with Crippen LogP contribution >= 0.6 is 12.2 Å². The third-order valence-electron chi connectivity index (χ3n) is 4.66. The molecule has 1 saturated heterocycles. The molecule has 1 aromatic rings. The molecule has 0 radical (unpaired) electrons. The van der Waals surface area contributed by atoms with Crippen molar-refractivity contribution >= 4 is 34.6 Å². The van der Waals surface area contributed by atoms with Gasteiger partial charge in [0.1, 0.15) is 0 Å². The molecule has 2 aliphatic rings. The second-order valence-electron chi connectivity index (χ2n) is 6.46. The highest BCUT2D eigenvalue weighted by Crippen LogP contribution is 2.22. The van der Waals surface area contributed by atoms with Gasteiger partial charge in [-0.2, -0.15) is 5.10 Å². The number of carbonyl (C=O) groups is 1. The van der Waals surface area contributed by atoms with Crippen LogP contribution in [0, 0.1) is 0 Å². The third kappa shape index (κ3) is 4.12. The van der Waals surface area contributed by atoms with Crippen molar-refractivity contribution in [2.24, 2.45) is 5.10 Å². The van der Waals surface area contributed by atoms with Gasteiger partial charge in [0.25, 0.3) is 0 Å². The van der Waals surface area contributed by atoms with Crippen molar-refractivity contribution in [1.82, 2.24) is 10.7 Å². The number of hydrogen-bond donors (Lipinski definition) is 2. The summed E-state index contributed by atoms with van der Waals surface area (Å²) >= 11 is 5.31. The van der Waals surface area contributed by atoms with E-state index in [0.29, 0.717) is 17.6 Å². The number of nitrogens with zero attached hydrogens (tertiary/aromatic N) is 2. The number of thiocarbonyl (C=S) groups is 1. The fourth-order valence-corrected chi connectivity index (χ4v) is 3.52. The largest absolute Gasteiger partial charge is 0.359 e. The summed E-state index contributed by atoms with van der Waals surface area (Å²) in [6, 6.07) is 8.42. The van der Waals surface area contributed by atoms with Crippen LogP contribution in [0.4, 0.5) is 5.69 Å². The number of amides is 1. The molecule has 5 nitrogen and oxygen atoms in total. The maximum Gasteiger partial charge on any atom is 0.227 e. The number of carbonyl (C=O) groups excluding carboxylic acids is 1. The Hall–Kier alpha value is -1.95. The Morgan fingerprint density at radius 1 is 1.29 bits per heavy atom. The van der Waals surface area contributed by atoms with Gasteiger partial charge in [-0.3, -0.25) is 10.2 Å². The smallest absolute Gasteiger partial charge is 0.227 e. The number of rotatable bonds is 4. The lowest BCUT2D eigenvalue weighted by Gasteiger charge is -2.17. The van der Waals surface area contributed by atoms with E-state index in [0.717, 1.165) is 29.9 Å². The van der Waals surface area contributed by atoms with Crippen molar-refractivity contribution in [3.8, 4) is 0 Å². The van der Waals surface area contributed by atoms with Gasteiger partial charge in [-0.1, -0.05) is 25.0 Å². The lowest BCUT2D eigenvalue weighted by Crippen LogP contribution is -2.38. The molecule has 0 bridgehead atoms. The van der Waals surface area contributed by atoms with Crippen LogP contribution in [-0.2, 0) is 4.79 Å². The summed E-state index contributed by atoms with van der Waals surface area (Å²) in [4.78, 5) is 13.7. The lowest BCUT2D eigenvalue weighted by atomic mass is 10.1. The predicted octanol–water partition coefficient (Wildman–Crippen LogP) is 2.94. The average Bonchev–Trinajstić information content (AvgIpc) is 3.24. The molecule has 3 rings (SSSR count). The van der Waals surface area contributed by atoms with Gasteiger partial charge >= 0.3 is 0 Å². The van der Waals surface area contributed by atoms with Crippen molar-refractivity contribution in [2.45, 2.75) is 51.5 Å². The first kappa shape index (κ1) is 16.9. The van der Waals surface area contributed by atoms with Crippen LogP contribution in [0.5, 0.6) is 0 Å². The van der Waals surface area contributed by atoms with Crippen LogP contribution in [0.15, 0.2) is 29.4 Å². The number of hydrazone groups is 1. The summed E-state index contributed by atoms with van der Waals surface area (Å²) in [7, 11) is 0. The molecule has 24 heavy (non-hydrogen) atoms. The normalized spacial score (nSPS) is 19.0. The fourth-order valence-electron chi connectivity index (χ4n) is 3.31. The Morgan fingerprint density at radius 2 is 2.08 bits per heavy atom. The van der Waals surface area contributed by atoms with Crippen LogP contribution in [0.25, 0.3) is 0 Å². The zero-order valence-electron chi connectivity index (χ0n) is 14.0. The van der Waals surface area contributed by atoms with E-state index in [2.05, 4.69) is 15.8 Å². The van der Waals surface area contributed by atoms with Gasteiger partial charge in [-0.15, -0.1) is 0 Å². The van der Waals surface area contributed by atoms with Crippen LogP contribution in [-0.4, -0.2) is 29.3 Å². The highest BCUT2D eigenvalue weighted by molar-refractivity contribution is 7.80. The van der Waals surface area contributed by atoms with Gasteiger partial charge in [0.2, 0.25) is 5.91 Å². The fraction of sp³-hybridized carbons (Fsp3) is 0.500. The summed E-state index contributed by atoms with van der Waals surface area (Å²) < 4.78 is 0. The molecule has 2 fully saturated rings. The van der Waals surface area contributed by atoms with Gasteiger partial charge in [0.15, 0.2) is 5.11 Å². The number of nitrogens with one attached hydrogen (secondary N) is 2. The van der Waals surface area contributed by atoms with Crippen LogP contribution < -0.4 is 15.6 Å². The van der Waals surface area contributed by atoms with Crippen molar-refractivity contribution in [3.63, 3.8) is 0 Å². The van der Waals surface area contributed by atoms with Crippen molar-refractivity contribution < 1.29 is 4.79 Å². The van der Waals surface area contributed by atoms with E-state index in [1.54, 1.807) is 0 Å². The van der Waals surface area contributed by atoms with Crippen LogP contribution in [0.3, 0.4) is 0 Å². The van der Waals surface area contributed by atoms with E-state index in [1.165, 1.54) is 25.7 Å². The molecule has 0 aromatic heterocycles. The van der Waals surface area contributed by atoms with Crippen LogP contribution in [0.2, 0.25) is 0 Å². The Balaban J connectivity index is 1.62. The first-order valence-electron chi connectivity index (χ1n) is 8.65. The molecule has 1 amide bonds. The van der Waals surface area contributed by atoms with Crippen molar-refractivity contribution in [1.29, 1.82) is 0 Å². The summed E-state index contributed by atoms with van der Waals surface area (Å²) in [5.41, 5.74) is 5.71. The molecule has 6 heteroatoms. The Bertz CT molecular complexity index is 652. The second-order valence-corrected chi connectivity index (χ2v) is 6.87. The number of benzene rings is 1. The number of hydrogen-bond acceptors (Lipinski definition) is 3. The molecule has 2 N–H and O–H groups in total. The van der Waals surface area contributed by atoms with Gasteiger partial charge in [-0.05, 0) is 56.1 Å². The topological polar surface area (TPSA) is 56.7 Å². The minimum atomic E-state index is 0.196. The summed E-state index contributed by atoms with van der Waals surface area (Å²) in [6.45, 7) is 2.74. The average molecular weight is 344 g/mol. The molecular weight excluding hydrogens is 320 g/mol. The third-order valence-corrected chi connectivity index (χ3v) is 4.87. The Kier molecular flexibility index (Phi) is 5.45. The molecule has 1 aliphatic heterocycles.